The van der Waals surface area contributed by atoms with Crippen LogP contribution in [0.15, 0.2) is 40.9 Å². The molecule has 6 heteroatoms. The van der Waals surface area contributed by atoms with Crippen molar-refractivity contribution >= 4 is 0 Å². The normalized spacial score (nSPS) is 11.1. The lowest BCUT2D eigenvalue weighted by atomic mass is 10.1. The first-order chi connectivity index (χ1) is 10.6. The smallest absolute Gasteiger partial charge is 0.278 e. The summed E-state index contributed by atoms with van der Waals surface area (Å²) in [5.41, 5.74) is 3.58. The van der Waals surface area contributed by atoms with Crippen molar-refractivity contribution in [3.05, 3.63) is 47.7 Å². The van der Waals surface area contributed by atoms with Gasteiger partial charge in [-0.3, -0.25) is 0 Å². The minimum absolute atomic E-state index is 0.375. The molecule has 0 aliphatic rings. The van der Waals surface area contributed by atoms with Gasteiger partial charge in [0.05, 0.1) is 5.69 Å². The van der Waals surface area contributed by atoms with Crippen molar-refractivity contribution in [2.24, 2.45) is 0 Å². The second kappa shape index (κ2) is 6.03. The molecule has 0 N–H and O–H groups in total. The summed E-state index contributed by atoms with van der Waals surface area (Å²) in [6.45, 7) is 2.78. The number of hydrogen-bond acceptors (Lipinski definition) is 6. The van der Waals surface area contributed by atoms with E-state index in [2.05, 4.69) is 37.4 Å². The first kappa shape index (κ1) is 14.3. The number of nitrogens with zero attached hydrogens (tertiary/aromatic N) is 5. The fourth-order valence-corrected chi connectivity index (χ4v) is 2.08. The predicted octanol–water partition coefficient (Wildman–Crippen LogP) is 2.56. The number of aromatic nitrogens is 4. The zero-order valence-electron chi connectivity index (χ0n) is 12.8. The van der Waals surface area contributed by atoms with E-state index in [1.807, 2.05) is 45.3 Å². The Kier molecular flexibility index (Phi) is 3.93. The van der Waals surface area contributed by atoms with Crippen LogP contribution in [0.5, 0.6) is 0 Å². The average Bonchev–Trinajstić information content (AvgIpc) is 2.98. The molecule has 0 amide bonds. The van der Waals surface area contributed by atoms with E-state index in [9.17, 15) is 0 Å². The van der Waals surface area contributed by atoms with Crippen LogP contribution in [0.4, 0.5) is 0 Å². The molecule has 3 aromatic rings. The Hall–Kier alpha value is -2.60. The summed E-state index contributed by atoms with van der Waals surface area (Å²) in [5, 5.41) is 12.1. The summed E-state index contributed by atoms with van der Waals surface area (Å²) in [6, 6.07) is 11.8. The highest BCUT2D eigenvalue weighted by Gasteiger charge is 2.12. The molecule has 0 aliphatic heterocycles. The largest absolute Gasteiger partial charge is 0.332 e. The molecule has 112 valence electrons. The molecule has 0 saturated heterocycles. The van der Waals surface area contributed by atoms with E-state index in [4.69, 9.17) is 4.52 Å². The minimum Gasteiger partial charge on any atom is -0.332 e. The first-order valence-electron chi connectivity index (χ1n) is 7.00. The summed E-state index contributed by atoms with van der Waals surface area (Å²) in [5.74, 6) is 0.925. The summed E-state index contributed by atoms with van der Waals surface area (Å²) in [7, 11) is 4.09. The predicted molar refractivity (Wildman–Crippen MR) is 82.9 cm³/mol. The van der Waals surface area contributed by atoms with Crippen molar-refractivity contribution in [1.29, 1.82) is 0 Å². The molecule has 3 rings (SSSR count). The zero-order chi connectivity index (χ0) is 15.5. The van der Waals surface area contributed by atoms with Crippen LogP contribution in [0.25, 0.3) is 23.0 Å². The number of aryl methyl sites for hydroxylation is 1. The number of rotatable bonds is 4. The maximum Gasteiger partial charge on any atom is 0.278 e. The Morgan fingerprint density at radius 1 is 1.00 bits per heavy atom. The third-order valence-corrected chi connectivity index (χ3v) is 3.15. The molecule has 22 heavy (non-hydrogen) atoms. The van der Waals surface area contributed by atoms with Gasteiger partial charge in [0.15, 0.2) is 5.69 Å². The van der Waals surface area contributed by atoms with Gasteiger partial charge in [-0.1, -0.05) is 29.4 Å². The highest BCUT2D eigenvalue weighted by Crippen LogP contribution is 2.21. The van der Waals surface area contributed by atoms with Gasteiger partial charge in [0.2, 0.25) is 5.82 Å². The molecule has 2 heterocycles. The van der Waals surface area contributed by atoms with Gasteiger partial charge in [-0.15, -0.1) is 5.10 Å². The molecule has 0 unspecified atom stereocenters. The van der Waals surface area contributed by atoms with E-state index >= 15 is 0 Å². The van der Waals surface area contributed by atoms with E-state index in [-0.39, 0.29) is 0 Å². The quantitative estimate of drug-likeness (QED) is 0.737. The Balaban J connectivity index is 1.82. The van der Waals surface area contributed by atoms with Crippen LogP contribution in [0.3, 0.4) is 0 Å². The Morgan fingerprint density at radius 3 is 2.41 bits per heavy atom. The van der Waals surface area contributed by atoms with Crippen molar-refractivity contribution in [2.75, 3.05) is 14.1 Å². The van der Waals surface area contributed by atoms with Crippen molar-refractivity contribution in [3.63, 3.8) is 0 Å². The molecule has 0 saturated carbocycles. The lowest BCUT2D eigenvalue weighted by Crippen LogP contribution is -2.10. The fraction of sp³-hybridized carbons (Fsp3) is 0.250. The molecule has 0 fully saturated rings. The second-order valence-electron chi connectivity index (χ2n) is 5.42. The van der Waals surface area contributed by atoms with Crippen LogP contribution < -0.4 is 0 Å². The molecule has 0 atom stereocenters. The van der Waals surface area contributed by atoms with Crippen molar-refractivity contribution in [1.82, 2.24) is 25.2 Å². The third-order valence-electron chi connectivity index (χ3n) is 3.15. The molecule has 0 spiro atoms. The van der Waals surface area contributed by atoms with Gasteiger partial charge in [-0.2, -0.15) is 10.1 Å². The molecule has 2 aromatic heterocycles. The highest BCUT2D eigenvalue weighted by atomic mass is 16.5. The van der Waals surface area contributed by atoms with Gasteiger partial charge in [0.1, 0.15) is 0 Å². The van der Waals surface area contributed by atoms with Crippen molar-refractivity contribution < 1.29 is 4.52 Å². The monoisotopic (exact) mass is 295 g/mol. The van der Waals surface area contributed by atoms with Gasteiger partial charge in [0.25, 0.3) is 5.89 Å². The zero-order valence-corrected chi connectivity index (χ0v) is 12.8. The van der Waals surface area contributed by atoms with Gasteiger partial charge in [0, 0.05) is 12.1 Å². The Labute approximate surface area is 128 Å². The standard InChI is InChI=1S/C16H17N5O/c1-11-4-9-14(19-18-11)16-17-15(20-22-16)13-7-5-12(6-8-13)10-21(2)3/h4-9H,10H2,1-3H3. The van der Waals surface area contributed by atoms with Crippen LogP contribution in [0, 0.1) is 6.92 Å². The van der Waals surface area contributed by atoms with E-state index in [0.717, 1.165) is 17.8 Å². The number of benzene rings is 1. The molecule has 0 aliphatic carbocycles. The van der Waals surface area contributed by atoms with Crippen molar-refractivity contribution in [3.8, 4) is 23.0 Å². The lowest BCUT2D eigenvalue weighted by molar-refractivity contribution is 0.402. The fourth-order valence-electron chi connectivity index (χ4n) is 2.08. The van der Waals surface area contributed by atoms with Gasteiger partial charge < -0.3 is 9.42 Å². The summed E-state index contributed by atoms with van der Waals surface area (Å²) < 4.78 is 5.27. The van der Waals surface area contributed by atoms with Gasteiger partial charge >= 0.3 is 0 Å². The molecule has 0 bridgehead atoms. The lowest BCUT2D eigenvalue weighted by Gasteiger charge is -2.09. The van der Waals surface area contributed by atoms with Gasteiger partial charge in [-0.05, 0) is 38.7 Å². The van der Waals surface area contributed by atoms with Crippen LogP contribution in [-0.2, 0) is 6.54 Å². The first-order valence-corrected chi connectivity index (χ1v) is 7.00. The Bertz CT molecular complexity index is 747. The van der Waals surface area contributed by atoms with E-state index in [1.54, 1.807) is 0 Å². The second-order valence-corrected chi connectivity index (χ2v) is 5.42. The van der Waals surface area contributed by atoms with Crippen LogP contribution in [-0.4, -0.2) is 39.3 Å². The highest BCUT2D eigenvalue weighted by molar-refractivity contribution is 5.58. The van der Waals surface area contributed by atoms with E-state index in [0.29, 0.717) is 17.4 Å². The molecule has 6 nitrogen and oxygen atoms in total. The molecular formula is C16H17N5O. The summed E-state index contributed by atoms with van der Waals surface area (Å²) >= 11 is 0. The molecule has 0 radical (unpaired) electrons. The molecule has 1 aromatic carbocycles. The maximum atomic E-state index is 5.27. The van der Waals surface area contributed by atoms with E-state index < -0.39 is 0 Å². The van der Waals surface area contributed by atoms with Crippen LogP contribution >= 0.6 is 0 Å². The van der Waals surface area contributed by atoms with Crippen LogP contribution in [0.1, 0.15) is 11.3 Å². The minimum atomic E-state index is 0.375. The summed E-state index contributed by atoms with van der Waals surface area (Å²) in [6.07, 6.45) is 0. The number of hydrogen-bond donors (Lipinski definition) is 0. The van der Waals surface area contributed by atoms with Gasteiger partial charge in [-0.25, -0.2) is 0 Å². The topological polar surface area (TPSA) is 67.9 Å². The van der Waals surface area contributed by atoms with Crippen LogP contribution in [0.2, 0.25) is 0 Å². The Morgan fingerprint density at radius 2 is 1.77 bits per heavy atom. The van der Waals surface area contributed by atoms with Crippen molar-refractivity contribution in [2.45, 2.75) is 13.5 Å². The average molecular weight is 295 g/mol. The molecular weight excluding hydrogens is 278 g/mol. The maximum absolute atomic E-state index is 5.27. The third kappa shape index (κ3) is 3.17. The SMILES string of the molecule is Cc1ccc(-c2nc(-c3ccc(CN(C)C)cc3)no2)nn1. The van der Waals surface area contributed by atoms with E-state index in [1.165, 1.54) is 5.56 Å². The summed E-state index contributed by atoms with van der Waals surface area (Å²) in [4.78, 5) is 6.50.